The molecule has 2 aliphatic heterocycles. The van der Waals surface area contributed by atoms with Gasteiger partial charge in [-0.2, -0.15) is 13.2 Å². The first-order valence-corrected chi connectivity index (χ1v) is 10.9. The first kappa shape index (κ1) is 25.2. The van der Waals surface area contributed by atoms with E-state index in [0.29, 0.717) is 30.3 Å². The van der Waals surface area contributed by atoms with Crippen LogP contribution in [0.25, 0.3) is 0 Å². The van der Waals surface area contributed by atoms with Crippen LogP contribution in [0.5, 0.6) is 0 Å². The van der Waals surface area contributed by atoms with Crippen molar-refractivity contribution in [3.05, 3.63) is 65.7 Å². The molecule has 1 fully saturated rings. The summed E-state index contributed by atoms with van der Waals surface area (Å²) in [5.74, 6) is -2.36. The maximum atomic E-state index is 13.2. The van der Waals surface area contributed by atoms with E-state index in [1.807, 2.05) is 54.6 Å². The molecule has 0 radical (unpaired) electrons. The fraction of sp³-hybridized carbons (Fsp3) is 0.375. The summed E-state index contributed by atoms with van der Waals surface area (Å²) >= 11 is 0. The van der Waals surface area contributed by atoms with Gasteiger partial charge in [-0.15, -0.1) is 0 Å². The zero-order valence-electron chi connectivity index (χ0n) is 18.4. The quantitative estimate of drug-likeness (QED) is 0.705. The number of halogens is 3. The molecule has 34 heavy (non-hydrogen) atoms. The summed E-state index contributed by atoms with van der Waals surface area (Å²) in [7, 11) is 0. The van der Waals surface area contributed by atoms with E-state index in [2.05, 4.69) is 5.32 Å². The fourth-order valence-electron chi connectivity index (χ4n) is 3.98. The number of para-hydroxylation sites is 1. The minimum absolute atomic E-state index is 0.0221. The zero-order chi connectivity index (χ0) is 24.7. The van der Waals surface area contributed by atoms with E-state index in [1.54, 1.807) is 9.80 Å². The summed E-state index contributed by atoms with van der Waals surface area (Å²) in [6, 6.07) is 17.4. The molecule has 2 aromatic rings. The van der Waals surface area contributed by atoms with Crippen LogP contribution in [0.2, 0.25) is 0 Å². The summed E-state index contributed by atoms with van der Waals surface area (Å²) in [4.78, 5) is 38.7. The van der Waals surface area contributed by atoms with Gasteiger partial charge in [0, 0.05) is 6.54 Å². The largest absolute Gasteiger partial charge is 0.490 e. The normalized spacial score (nSPS) is 16.9. The average Bonchev–Trinajstić information content (AvgIpc) is 2.91. The van der Waals surface area contributed by atoms with Crippen molar-refractivity contribution in [2.24, 2.45) is 5.92 Å². The number of piperidine rings is 1. The lowest BCUT2D eigenvalue weighted by Gasteiger charge is -2.29. The summed E-state index contributed by atoms with van der Waals surface area (Å²) in [5.41, 5.74) is 2.39. The molecule has 7 nitrogen and oxygen atoms in total. The third kappa shape index (κ3) is 6.57. The number of carbonyl (C=O) groups excluding carboxylic acids is 2. The van der Waals surface area contributed by atoms with E-state index in [4.69, 9.17) is 9.90 Å². The summed E-state index contributed by atoms with van der Waals surface area (Å²) in [5, 5.41) is 10.5. The van der Waals surface area contributed by atoms with Crippen LogP contribution in [0, 0.1) is 5.92 Å². The minimum atomic E-state index is -5.08. The van der Waals surface area contributed by atoms with Crippen molar-refractivity contribution in [3.8, 4) is 0 Å². The van der Waals surface area contributed by atoms with E-state index in [-0.39, 0.29) is 18.4 Å². The number of hydrogen-bond acceptors (Lipinski definition) is 4. The molecule has 0 unspecified atom stereocenters. The van der Waals surface area contributed by atoms with E-state index in [9.17, 15) is 22.8 Å². The first-order valence-electron chi connectivity index (χ1n) is 10.9. The molecule has 0 spiro atoms. The summed E-state index contributed by atoms with van der Waals surface area (Å²) in [6.45, 7) is 3.24. The zero-order valence-corrected chi connectivity index (χ0v) is 18.4. The molecular formula is C24H26F3N3O4. The Kier molecular flexibility index (Phi) is 8.27. The highest BCUT2D eigenvalue weighted by Gasteiger charge is 2.38. The highest BCUT2D eigenvalue weighted by atomic mass is 19.4. The van der Waals surface area contributed by atoms with Crippen molar-refractivity contribution in [1.29, 1.82) is 0 Å². The van der Waals surface area contributed by atoms with Crippen LogP contribution in [0.4, 0.5) is 18.9 Å². The van der Waals surface area contributed by atoms with Gasteiger partial charge in [0.25, 0.3) is 5.91 Å². The molecule has 1 saturated heterocycles. The number of alkyl halides is 3. The number of rotatable bonds is 4. The van der Waals surface area contributed by atoms with E-state index in [1.165, 1.54) is 0 Å². The predicted octanol–water partition coefficient (Wildman–Crippen LogP) is 3.31. The Hall–Kier alpha value is -3.40. The monoisotopic (exact) mass is 477 g/mol. The van der Waals surface area contributed by atoms with Crippen LogP contribution in [0.3, 0.4) is 0 Å². The lowest BCUT2D eigenvalue weighted by molar-refractivity contribution is -0.192. The average molecular weight is 477 g/mol. The molecule has 10 heteroatoms. The molecule has 0 aliphatic carbocycles. The number of benzene rings is 2. The van der Waals surface area contributed by atoms with Gasteiger partial charge in [-0.3, -0.25) is 9.59 Å². The Morgan fingerprint density at radius 2 is 1.59 bits per heavy atom. The number of carbonyl (C=O) groups is 3. The third-order valence-corrected chi connectivity index (χ3v) is 5.70. The number of amides is 2. The highest BCUT2D eigenvalue weighted by Crippen LogP contribution is 2.28. The molecule has 2 amide bonds. The SMILES string of the molecule is O=C(O)C(F)(F)F.O=C1c2ccccc2N(Cc2ccccc2)C(=O)CN1CC1CCNCC1. The molecule has 4 rings (SSSR count). The third-order valence-electron chi connectivity index (χ3n) is 5.70. The smallest absolute Gasteiger partial charge is 0.475 e. The number of nitrogens with one attached hydrogen (secondary N) is 1. The Morgan fingerprint density at radius 1 is 1.00 bits per heavy atom. The van der Waals surface area contributed by atoms with Crippen molar-refractivity contribution in [1.82, 2.24) is 10.2 Å². The molecule has 2 heterocycles. The fourth-order valence-corrected chi connectivity index (χ4v) is 3.98. The number of carboxylic acids is 1. The molecular weight excluding hydrogens is 451 g/mol. The van der Waals surface area contributed by atoms with Crippen LogP contribution in [0.1, 0.15) is 28.8 Å². The van der Waals surface area contributed by atoms with Crippen molar-refractivity contribution in [3.63, 3.8) is 0 Å². The molecule has 0 aromatic heterocycles. The Morgan fingerprint density at radius 3 is 2.21 bits per heavy atom. The van der Waals surface area contributed by atoms with Gasteiger partial charge in [0.15, 0.2) is 0 Å². The number of nitrogens with zero attached hydrogens (tertiary/aromatic N) is 2. The van der Waals surface area contributed by atoms with E-state index in [0.717, 1.165) is 31.5 Å². The Labute approximate surface area is 195 Å². The van der Waals surface area contributed by atoms with Crippen LogP contribution < -0.4 is 10.2 Å². The topological polar surface area (TPSA) is 90.0 Å². The molecule has 0 bridgehead atoms. The van der Waals surface area contributed by atoms with Gasteiger partial charge in [-0.1, -0.05) is 42.5 Å². The predicted molar refractivity (Wildman–Crippen MR) is 119 cm³/mol. The second-order valence-electron chi connectivity index (χ2n) is 8.16. The van der Waals surface area contributed by atoms with Gasteiger partial charge in [-0.05, 0) is 49.5 Å². The Balaban J connectivity index is 0.000000406. The van der Waals surface area contributed by atoms with Gasteiger partial charge in [0.05, 0.1) is 17.8 Å². The lowest BCUT2D eigenvalue weighted by Crippen LogP contribution is -2.43. The second kappa shape index (κ2) is 11.1. The number of anilines is 1. The highest BCUT2D eigenvalue weighted by molar-refractivity contribution is 6.09. The second-order valence-corrected chi connectivity index (χ2v) is 8.16. The number of fused-ring (bicyclic) bond motifs is 1. The number of carboxylic acid groups (broad SMARTS) is 1. The molecule has 182 valence electrons. The van der Waals surface area contributed by atoms with Crippen LogP contribution in [-0.2, 0) is 16.1 Å². The number of aliphatic carboxylic acids is 1. The van der Waals surface area contributed by atoms with Crippen molar-refractivity contribution >= 4 is 23.5 Å². The van der Waals surface area contributed by atoms with Crippen molar-refractivity contribution < 1.29 is 32.7 Å². The molecule has 0 atom stereocenters. The summed E-state index contributed by atoms with van der Waals surface area (Å²) in [6.07, 6.45) is -2.99. The maximum absolute atomic E-state index is 13.2. The Bertz CT molecular complexity index is 1010. The molecule has 2 aromatic carbocycles. The van der Waals surface area contributed by atoms with Crippen molar-refractivity contribution in [2.45, 2.75) is 25.6 Å². The van der Waals surface area contributed by atoms with Crippen LogP contribution in [0.15, 0.2) is 54.6 Å². The standard InChI is InChI=1S/C22H25N3O2.C2HF3O2/c26-21-16-24(14-18-10-12-23-13-11-18)22(27)19-8-4-5-9-20(19)25(21)15-17-6-2-1-3-7-17;3-2(4,5)1(6)7/h1-9,18,23H,10-16H2;(H,6,7). The molecule has 2 N–H and O–H groups in total. The number of hydrogen-bond donors (Lipinski definition) is 2. The minimum Gasteiger partial charge on any atom is -0.475 e. The summed E-state index contributed by atoms with van der Waals surface area (Å²) < 4.78 is 31.7. The first-order chi connectivity index (χ1) is 16.2. The lowest BCUT2D eigenvalue weighted by atomic mass is 9.97. The van der Waals surface area contributed by atoms with Gasteiger partial charge in [-0.25, -0.2) is 4.79 Å². The molecule has 2 aliphatic rings. The van der Waals surface area contributed by atoms with Gasteiger partial charge in [0.1, 0.15) is 6.54 Å². The van der Waals surface area contributed by atoms with Gasteiger partial charge >= 0.3 is 12.1 Å². The van der Waals surface area contributed by atoms with Gasteiger partial charge < -0.3 is 20.2 Å². The molecule has 0 saturated carbocycles. The maximum Gasteiger partial charge on any atom is 0.490 e. The van der Waals surface area contributed by atoms with Crippen LogP contribution >= 0.6 is 0 Å². The van der Waals surface area contributed by atoms with Crippen molar-refractivity contribution in [2.75, 3.05) is 31.1 Å². The van der Waals surface area contributed by atoms with Gasteiger partial charge in [0.2, 0.25) is 5.91 Å². The van der Waals surface area contributed by atoms with E-state index >= 15 is 0 Å². The van der Waals surface area contributed by atoms with Crippen LogP contribution in [-0.4, -0.2) is 60.1 Å². The van der Waals surface area contributed by atoms with E-state index < -0.39 is 12.1 Å².